The maximum Gasteiger partial charge on any atom is 0.305 e. The SMILES string of the molecule is O=C1CC(Cl)CN1c1nc2cc(Cl)ccc2o1. The molecule has 1 amide bonds. The highest BCUT2D eigenvalue weighted by Crippen LogP contribution is 2.28. The Bertz CT molecular complexity index is 596. The lowest BCUT2D eigenvalue weighted by Crippen LogP contribution is -2.24. The predicted octanol–water partition coefficient (Wildman–Crippen LogP) is 2.83. The number of rotatable bonds is 1. The van der Waals surface area contributed by atoms with Crippen LogP contribution in [0, 0.1) is 0 Å². The molecule has 0 saturated carbocycles. The van der Waals surface area contributed by atoms with Gasteiger partial charge in [0, 0.05) is 18.0 Å². The minimum absolute atomic E-state index is 0.0670. The first-order valence-electron chi connectivity index (χ1n) is 5.14. The van der Waals surface area contributed by atoms with Gasteiger partial charge in [-0.3, -0.25) is 9.69 Å². The van der Waals surface area contributed by atoms with Crippen LogP contribution in [0.4, 0.5) is 6.01 Å². The molecule has 1 aliphatic rings. The van der Waals surface area contributed by atoms with Crippen LogP contribution in [-0.2, 0) is 4.79 Å². The zero-order valence-electron chi connectivity index (χ0n) is 8.69. The molecule has 2 aromatic rings. The van der Waals surface area contributed by atoms with E-state index in [-0.39, 0.29) is 17.3 Å². The lowest BCUT2D eigenvalue weighted by Gasteiger charge is -2.08. The quantitative estimate of drug-likeness (QED) is 0.749. The number of anilines is 1. The average Bonchev–Trinajstić information content (AvgIpc) is 2.80. The van der Waals surface area contributed by atoms with E-state index in [9.17, 15) is 4.79 Å². The minimum Gasteiger partial charge on any atom is -0.423 e. The monoisotopic (exact) mass is 270 g/mol. The molecular weight excluding hydrogens is 263 g/mol. The second-order valence-corrected chi connectivity index (χ2v) is 4.97. The van der Waals surface area contributed by atoms with Crippen molar-refractivity contribution in [3.8, 4) is 0 Å². The molecule has 0 spiro atoms. The van der Waals surface area contributed by atoms with E-state index in [2.05, 4.69) is 4.98 Å². The molecule has 0 aliphatic carbocycles. The van der Waals surface area contributed by atoms with E-state index in [1.165, 1.54) is 4.90 Å². The second kappa shape index (κ2) is 3.89. The number of oxazole rings is 1. The number of halogens is 2. The smallest absolute Gasteiger partial charge is 0.305 e. The van der Waals surface area contributed by atoms with Gasteiger partial charge in [0.2, 0.25) is 5.91 Å². The van der Waals surface area contributed by atoms with E-state index in [1.54, 1.807) is 18.2 Å². The summed E-state index contributed by atoms with van der Waals surface area (Å²) in [6, 6.07) is 5.43. The molecule has 1 fully saturated rings. The second-order valence-electron chi connectivity index (χ2n) is 3.91. The lowest BCUT2D eigenvalue weighted by atomic mass is 10.3. The van der Waals surface area contributed by atoms with Crippen molar-refractivity contribution in [1.82, 2.24) is 4.98 Å². The standard InChI is InChI=1S/C11H8Cl2N2O2/c12-6-1-2-9-8(3-6)14-11(17-9)15-5-7(13)4-10(15)16/h1-3,7H,4-5H2. The Kier molecular flexibility index (Phi) is 2.49. The number of aromatic nitrogens is 1. The molecule has 4 nitrogen and oxygen atoms in total. The van der Waals surface area contributed by atoms with Gasteiger partial charge in [-0.15, -0.1) is 11.6 Å². The Balaban J connectivity index is 2.03. The van der Waals surface area contributed by atoms with Crippen LogP contribution in [-0.4, -0.2) is 22.8 Å². The zero-order valence-corrected chi connectivity index (χ0v) is 10.2. The minimum atomic E-state index is -0.180. The molecule has 1 aromatic carbocycles. The Morgan fingerprint density at radius 1 is 1.47 bits per heavy atom. The maximum absolute atomic E-state index is 11.6. The van der Waals surface area contributed by atoms with Gasteiger partial charge in [0.1, 0.15) is 5.52 Å². The van der Waals surface area contributed by atoms with Crippen molar-refractivity contribution in [2.24, 2.45) is 0 Å². The molecule has 6 heteroatoms. The van der Waals surface area contributed by atoms with Gasteiger partial charge in [0.25, 0.3) is 0 Å². The van der Waals surface area contributed by atoms with Crippen molar-refractivity contribution in [2.45, 2.75) is 11.8 Å². The number of carbonyl (C=O) groups excluding carboxylic acids is 1. The van der Waals surface area contributed by atoms with Gasteiger partial charge in [-0.05, 0) is 18.2 Å². The summed E-state index contributed by atoms with van der Waals surface area (Å²) < 4.78 is 5.50. The number of carbonyl (C=O) groups is 1. The van der Waals surface area contributed by atoms with Crippen LogP contribution < -0.4 is 4.90 Å². The summed E-state index contributed by atoms with van der Waals surface area (Å²) in [6.45, 7) is 0.431. The van der Waals surface area contributed by atoms with Crippen molar-refractivity contribution >= 4 is 46.2 Å². The highest BCUT2D eigenvalue weighted by Gasteiger charge is 2.32. The van der Waals surface area contributed by atoms with E-state index in [1.807, 2.05) is 0 Å². The summed E-state index contributed by atoms with van der Waals surface area (Å²) in [5, 5.41) is 0.404. The molecule has 0 bridgehead atoms. The van der Waals surface area contributed by atoms with E-state index < -0.39 is 0 Å². The van der Waals surface area contributed by atoms with Gasteiger partial charge in [-0.25, -0.2) is 0 Å². The van der Waals surface area contributed by atoms with Crippen molar-refractivity contribution in [3.63, 3.8) is 0 Å². The van der Waals surface area contributed by atoms with Crippen LogP contribution in [0.25, 0.3) is 11.1 Å². The number of nitrogens with zero attached hydrogens (tertiary/aromatic N) is 2. The summed E-state index contributed by atoms with van der Waals surface area (Å²) in [7, 11) is 0. The van der Waals surface area contributed by atoms with Gasteiger partial charge in [0.15, 0.2) is 5.58 Å². The maximum atomic E-state index is 11.6. The number of hydrogen-bond acceptors (Lipinski definition) is 3. The van der Waals surface area contributed by atoms with Crippen molar-refractivity contribution in [1.29, 1.82) is 0 Å². The average molecular weight is 271 g/mol. The molecule has 1 unspecified atom stereocenters. The number of benzene rings is 1. The highest BCUT2D eigenvalue weighted by atomic mass is 35.5. The third kappa shape index (κ3) is 1.87. The highest BCUT2D eigenvalue weighted by molar-refractivity contribution is 6.31. The Morgan fingerprint density at radius 3 is 3.00 bits per heavy atom. The van der Waals surface area contributed by atoms with Crippen molar-refractivity contribution in [3.05, 3.63) is 23.2 Å². The van der Waals surface area contributed by atoms with E-state index >= 15 is 0 Å². The first-order chi connectivity index (χ1) is 8.13. The number of alkyl halides is 1. The third-order valence-electron chi connectivity index (χ3n) is 2.65. The van der Waals surface area contributed by atoms with Crippen LogP contribution in [0.15, 0.2) is 22.6 Å². The first-order valence-corrected chi connectivity index (χ1v) is 5.95. The fraction of sp³-hybridized carbons (Fsp3) is 0.273. The third-order valence-corrected chi connectivity index (χ3v) is 3.17. The van der Waals surface area contributed by atoms with Gasteiger partial charge in [0.05, 0.1) is 5.38 Å². The summed E-state index contributed by atoms with van der Waals surface area (Å²) in [6.07, 6.45) is 0.320. The molecular formula is C11H8Cl2N2O2. The molecule has 3 rings (SSSR count). The molecule has 1 aliphatic heterocycles. The fourth-order valence-corrected chi connectivity index (χ4v) is 2.29. The summed E-state index contributed by atoms with van der Waals surface area (Å²) in [5.41, 5.74) is 1.24. The van der Waals surface area contributed by atoms with Crippen LogP contribution in [0.5, 0.6) is 0 Å². The lowest BCUT2D eigenvalue weighted by molar-refractivity contribution is -0.117. The molecule has 1 atom stereocenters. The van der Waals surface area contributed by atoms with E-state index in [0.29, 0.717) is 29.1 Å². The van der Waals surface area contributed by atoms with Crippen LogP contribution >= 0.6 is 23.2 Å². The molecule has 88 valence electrons. The normalized spacial score (nSPS) is 20.5. The van der Waals surface area contributed by atoms with Gasteiger partial charge < -0.3 is 4.42 Å². The molecule has 0 radical (unpaired) electrons. The Labute approximate surface area is 107 Å². The van der Waals surface area contributed by atoms with Crippen molar-refractivity contribution < 1.29 is 9.21 Å². The summed E-state index contributed by atoms with van der Waals surface area (Å²) in [5.74, 6) is -0.0670. The van der Waals surface area contributed by atoms with E-state index in [4.69, 9.17) is 27.6 Å². The predicted molar refractivity (Wildman–Crippen MR) is 65.6 cm³/mol. The van der Waals surface area contributed by atoms with Gasteiger partial charge >= 0.3 is 6.01 Å². The molecule has 1 saturated heterocycles. The molecule has 2 heterocycles. The van der Waals surface area contributed by atoms with Gasteiger partial charge in [-0.2, -0.15) is 4.98 Å². The van der Waals surface area contributed by atoms with Crippen LogP contribution in [0.1, 0.15) is 6.42 Å². The zero-order chi connectivity index (χ0) is 12.0. The molecule has 0 N–H and O–H groups in total. The largest absolute Gasteiger partial charge is 0.423 e. The number of hydrogen-bond donors (Lipinski definition) is 0. The Morgan fingerprint density at radius 2 is 2.29 bits per heavy atom. The summed E-state index contributed by atoms with van der Waals surface area (Å²) in [4.78, 5) is 17.3. The number of fused-ring (bicyclic) bond motifs is 1. The molecule has 17 heavy (non-hydrogen) atoms. The van der Waals surface area contributed by atoms with Crippen molar-refractivity contribution in [2.75, 3.05) is 11.4 Å². The summed E-state index contributed by atoms with van der Waals surface area (Å²) >= 11 is 11.8. The van der Waals surface area contributed by atoms with Crippen LogP contribution in [0.2, 0.25) is 5.02 Å². The molecule has 1 aromatic heterocycles. The number of amides is 1. The van der Waals surface area contributed by atoms with Crippen LogP contribution in [0.3, 0.4) is 0 Å². The fourth-order valence-electron chi connectivity index (χ4n) is 1.85. The Hall–Kier alpha value is -1.26. The topological polar surface area (TPSA) is 46.3 Å². The van der Waals surface area contributed by atoms with Gasteiger partial charge in [-0.1, -0.05) is 11.6 Å². The van der Waals surface area contributed by atoms with E-state index in [0.717, 1.165) is 0 Å². The first kappa shape index (κ1) is 10.9.